The molecule has 0 atom stereocenters. The van der Waals surface area contributed by atoms with Crippen LogP contribution in [0.25, 0.3) is 0 Å². The van der Waals surface area contributed by atoms with Crippen LogP contribution in [0.4, 0.5) is 5.69 Å². The maximum atomic E-state index is 12.0. The van der Waals surface area contributed by atoms with Crippen molar-refractivity contribution < 1.29 is 4.79 Å². The number of carbonyl (C=O) groups excluding carboxylic acids is 1. The van der Waals surface area contributed by atoms with Crippen LogP contribution in [0, 0.1) is 13.8 Å². The quantitative estimate of drug-likeness (QED) is 0.516. The predicted molar refractivity (Wildman–Crippen MR) is 86.4 cm³/mol. The molecule has 108 valence electrons. The second-order valence-corrected chi connectivity index (χ2v) is 5.02. The Bertz CT molecular complexity index is 705. The standard InChI is InChI=1S/C17H19N3O/c1-11-8-9-14(10-12(11)2)13(3)19-20-17(21)15-6-4-5-7-16(15)18/h4-10H,18H2,1-3H3,(H,20,21)/b19-13+. The number of rotatable bonds is 3. The van der Waals surface area contributed by atoms with E-state index in [1.807, 2.05) is 19.1 Å². The maximum absolute atomic E-state index is 12.0. The zero-order chi connectivity index (χ0) is 15.4. The van der Waals surface area contributed by atoms with E-state index >= 15 is 0 Å². The van der Waals surface area contributed by atoms with Gasteiger partial charge in [0.05, 0.1) is 11.3 Å². The third-order valence-electron chi connectivity index (χ3n) is 3.46. The Morgan fingerprint density at radius 1 is 1.10 bits per heavy atom. The number of anilines is 1. The number of benzene rings is 2. The molecule has 0 radical (unpaired) electrons. The Kier molecular flexibility index (Phi) is 4.38. The van der Waals surface area contributed by atoms with E-state index in [9.17, 15) is 4.79 Å². The molecule has 2 rings (SSSR count). The van der Waals surface area contributed by atoms with Crippen molar-refractivity contribution in [3.05, 3.63) is 64.7 Å². The van der Waals surface area contributed by atoms with Crippen LogP contribution in [-0.2, 0) is 0 Å². The molecule has 0 aliphatic carbocycles. The highest BCUT2D eigenvalue weighted by atomic mass is 16.2. The molecule has 2 aromatic carbocycles. The van der Waals surface area contributed by atoms with Crippen LogP contribution in [-0.4, -0.2) is 11.6 Å². The number of nitrogen functional groups attached to an aromatic ring is 1. The highest BCUT2D eigenvalue weighted by Crippen LogP contribution is 2.12. The number of nitrogens with zero attached hydrogens (tertiary/aromatic N) is 1. The lowest BCUT2D eigenvalue weighted by atomic mass is 10.0. The van der Waals surface area contributed by atoms with Crippen LogP contribution in [0.3, 0.4) is 0 Å². The minimum atomic E-state index is -0.309. The van der Waals surface area contributed by atoms with E-state index in [2.05, 4.69) is 30.4 Å². The number of nitrogens with one attached hydrogen (secondary N) is 1. The molecule has 0 unspecified atom stereocenters. The zero-order valence-corrected chi connectivity index (χ0v) is 12.5. The molecule has 2 aromatic rings. The Hall–Kier alpha value is -2.62. The molecule has 4 nitrogen and oxygen atoms in total. The first-order valence-corrected chi connectivity index (χ1v) is 6.76. The molecule has 0 fully saturated rings. The van der Waals surface area contributed by atoms with Gasteiger partial charge in [-0.25, -0.2) is 5.43 Å². The largest absolute Gasteiger partial charge is 0.398 e. The molecule has 0 aliphatic rings. The first-order valence-electron chi connectivity index (χ1n) is 6.76. The van der Waals surface area contributed by atoms with E-state index < -0.39 is 0 Å². The van der Waals surface area contributed by atoms with Gasteiger partial charge in [0.1, 0.15) is 0 Å². The summed E-state index contributed by atoms with van der Waals surface area (Å²) >= 11 is 0. The van der Waals surface area contributed by atoms with Gasteiger partial charge in [0.2, 0.25) is 0 Å². The smallest absolute Gasteiger partial charge is 0.273 e. The van der Waals surface area contributed by atoms with E-state index in [-0.39, 0.29) is 5.91 Å². The number of para-hydroxylation sites is 1. The summed E-state index contributed by atoms with van der Waals surface area (Å²) in [5.41, 5.74) is 13.3. The molecule has 4 heteroatoms. The summed E-state index contributed by atoms with van der Waals surface area (Å²) < 4.78 is 0. The fourth-order valence-electron chi connectivity index (χ4n) is 1.93. The number of hydrogen-bond donors (Lipinski definition) is 2. The Balaban J connectivity index is 2.15. The fourth-order valence-corrected chi connectivity index (χ4v) is 1.93. The molecular weight excluding hydrogens is 262 g/mol. The summed E-state index contributed by atoms with van der Waals surface area (Å²) in [6.07, 6.45) is 0. The second kappa shape index (κ2) is 6.22. The van der Waals surface area contributed by atoms with Crippen molar-refractivity contribution in [2.24, 2.45) is 5.10 Å². The van der Waals surface area contributed by atoms with Crippen LogP contribution in [0.2, 0.25) is 0 Å². The van der Waals surface area contributed by atoms with Crippen molar-refractivity contribution in [1.29, 1.82) is 0 Å². The zero-order valence-electron chi connectivity index (χ0n) is 12.5. The average molecular weight is 281 g/mol. The minimum absolute atomic E-state index is 0.309. The molecule has 1 amide bonds. The maximum Gasteiger partial charge on any atom is 0.273 e. The van der Waals surface area contributed by atoms with Crippen LogP contribution >= 0.6 is 0 Å². The average Bonchev–Trinajstić information content (AvgIpc) is 2.47. The lowest BCUT2D eigenvalue weighted by Crippen LogP contribution is -2.20. The fraction of sp³-hybridized carbons (Fsp3) is 0.176. The SMILES string of the molecule is C/C(=N\NC(=O)c1ccccc1N)c1ccc(C)c(C)c1. The van der Waals surface area contributed by atoms with E-state index in [0.717, 1.165) is 11.3 Å². The van der Waals surface area contributed by atoms with Crippen molar-refractivity contribution in [2.45, 2.75) is 20.8 Å². The summed E-state index contributed by atoms with van der Waals surface area (Å²) in [6.45, 7) is 5.97. The van der Waals surface area contributed by atoms with Crippen molar-refractivity contribution >= 4 is 17.3 Å². The summed E-state index contributed by atoms with van der Waals surface area (Å²) in [5, 5.41) is 4.14. The first kappa shape index (κ1) is 14.8. The van der Waals surface area contributed by atoms with Crippen molar-refractivity contribution in [1.82, 2.24) is 5.43 Å². The van der Waals surface area contributed by atoms with Gasteiger partial charge in [0.25, 0.3) is 5.91 Å². The van der Waals surface area contributed by atoms with Gasteiger partial charge in [-0.1, -0.05) is 24.3 Å². The van der Waals surface area contributed by atoms with Gasteiger partial charge in [0, 0.05) is 5.69 Å². The second-order valence-electron chi connectivity index (χ2n) is 5.02. The van der Waals surface area contributed by atoms with Crippen molar-refractivity contribution in [3.63, 3.8) is 0 Å². The normalized spacial score (nSPS) is 11.3. The molecule has 0 heterocycles. The van der Waals surface area contributed by atoms with Gasteiger partial charge in [-0.2, -0.15) is 5.10 Å². The Labute approximate surface area is 124 Å². The number of amides is 1. The van der Waals surface area contributed by atoms with Gasteiger partial charge in [-0.05, 0) is 55.7 Å². The van der Waals surface area contributed by atoms with Gasteiger partial charge < -0.3 is 5.73 Å². The van der Waals surface area contributed by atoms with Crippen LogP contribution in [0.5, 0.6) is 0 Å². The van der Waals surface area contributed by atoms with Crippen molar-refractivity contribution in [2.75, 3.05) is 5.73 Å². The van der Waals surface area contributed by atoms with Crippen molar-refractivity contribution in [3.8, 4) is 0 Å². The molecule has 0 spiro atoms. The summed E-state index contributed by atoms with van der Waals surface area (Å²) in [7, 11) is 0. The summed E-state index contributed by atoms with van der Waals surface area (Å²) in [4.78, 5) is 12.0. The highest BCUT2D eigenvalue weighted by molar-refractivity contribution is 6.02. The van der Waals surface area contributed by atoms with E-state index in [0.29, 0.717) is 11.3 Å². The number of aryl methyl sites for hydroxylation is 2. The minimum Gasteiger partial charge on any atom is -0.398 e. The molecule has 3 N–H and O–H groups in total. The van der Waals surface area contributed by atoms with E-state index in [4.69, 9.17) is 5.73 Å². The topological polar surface area (TPSA) is 67.5 Å². The molecule has 21 heavy (non-hydrogen) atoms. The number of hydrazone groups is 1. The third kappa shape index (κ3) is 3.48. The first-order chi connectivity index (χ1) is 9.99. The number of hydrogen-bond acceptors (Lipinski definition) is 3. The van der Waals surface area contributed by atoms with Gasteiger partial charge in [0.15, 0.2) is 0 Å². The molecule has 0 aliphatic heterocycles. The monoisotopic (exact) mass is 281 g/mol. The highest BCUT2D eigenvalue weighted by Gasteiger charge is 2.08. The van der Waals surface area contributed by atoms with E-state index in [1.165, 1.54) is 11.1 Å². The Morgan fingerprint density at radius 3 is 2.48 bits per heavy atom. The number of nitrogens with two attached hydrogens (primary N) is 1. The predicted octanol–water partition coefficient (Wildman–Crippen LogP) is 3.04. The lowest BCUT2D eigenvalue weighted by Gasteiger charge is -2.07. The lowest BCUT2D eigenvalue weighted by molar-refractivity contribution is 0.0955. The third-order valence-corrected chi connectivity index (χ3v) is 3.46. The van der Waals surface area contributed by atoms with E-state index in [1.54, 1.807) is 24.3 Å². The van der Waals surface area contributed by atoms with Crippen LogP contribution in [0.1, 0.15) is 34.0 Å². The van der Waals surface area contributed by atoms with Crippen LogP contribution in [0.15, 0.2) is 47.6 Å². The number of carbonyl (C=O) groups is 1. The Morgan fingerprint density at radius 2 is 1.81 bits per heavy atom. The summed E-state index contributed by atoms with van der Waals surface area (Å²) in [6, 6.07) is 13.0. The molecular formula is C17H19N3O. The van der Waals surface area contributed by atoms with Gasteiger partial charge >= 0.3 is 0 Å². The molecule has 0 saturated heterocycles. The van der Waals surface area contributed by atoms with Gasteiger partial charge in [-0.15, -0.1) is 0 Å². The van der Waals surface area contributed by atoms with Crippen LogP contribution < -0.4 is 11.2 Å². The molecule has 0 aromatic heterocycles. The summed E-state index contributed by atoms with van der Waals surface area (Å²) in [5.74, 6) is -0.309. The molecule has 0 bridgehead atoms. The van der Waals surface area contributed by atoms with Gasteiger partial charge in [-0.3, -0.25) is 4.79 Å². The molecule has 0 saturated carbocycles.